The zero-order valence-electron chi connectivity index (χ0n) is 13.8. The van der Waals surface area contributed by atoms with Crippen molar-refractivity contribution in [2.24, 2.45) is 0 Å². The van der Waals surface area contributed by atoms with Gasteiger partial charge in [0, 0.05) is 44.0 Å². The van der Waals surface area contributed by atoms with Crippen molar-refractivity contribution in [2.45, 2.75) is 38.8 Å². The number of rotatable bonds is 3. The van der Waals surface area contributed by atoms with Crippen molar-refractivity contribution in [1.29, 1.82) is 0 Å². The molecule has 22 heavy (non-hydrogen) atoms. The lowest BCUT2D eigenvalue weighted by Gasteiger charge is -2.29. The fourth-order valence-corrected chi connectivity index (χ4v) is 3.77. The molecule has 2 heterocycles. The summed E-state index contributed by atoms with van der Waals surface area (Å²) in [6.07, 6.45) is 2.49. The highest BCUT2D eigenvalue weighted by atomic mass is 19.1. The molecule has 2 aliphatic rings. The molecule has 0 saturated carbocycles. The molecule has 1 aromatic carbocycles. The van der Waals surface area contributed by atoms with Crippen LogP contribution in [0.2, 0.25) is 0 Å². The normalized spacial score (nSPS) is 24.9. The predicted molar refractivity (Wildman–Crippen MR) is 89.9 cm³/mol. The van der Waals surface area contributed by atoms with Crippen LogP contribution in [0.15, 0.2) is 24.3 Å². The third-order valence-electron chi connectivity index (χ3n) is 5.17. The van der Waals surface area contributed by atoms with Crippen LogP contribution in [0.25, 0.3) is 0 Å². The summed E-state index contributed by atoms with van der Waals surface area (Å²) in [5.74, 6) is -0.152. The third-order valence-corrected chi connectivity index (χ3v) is 5.17. The molecular formula is C18H28FN3. The molecule has 122 valence electrons. The van der Waals surface area contributed by atoms with Gasteiger partial charge in [0.1, 0.15) is 5.82 Å². The van der Waals surface area contributed by atoms with Gasteiger partial charge in [-0.2, -0.15) is 0 Å². The summed E-state index contributed by atoms with van der Waals surface area (Å²) in [4.78, 5) is 7.66. The van der Waals surface area contributed by atoms with Gasteiger partial charge in [-0.1, -0.05) is 0 Å². The van der Waals surface area contributed by atoms with E-state index >= 15 is 0 Å². The highest BCUT2D eigenvalue weighted by Gasteiger charge is 2.29. The van der Waals surface area contributed by atoms with E-state index in [2.05, 4.69) is 28.5 Å². The predicted octanol–water partition coefficient (Wildman–Crippen LogP) is 2.82. The van der Waals surface area contributed by atoms with Crippen LogP contribution in [0, 0.1) is 5.82 Å². The molecule has 2 saturated heterocycles. The minimum Gasteiger partial charge on any atom is -0.370 e. The number of halogens is 1. The first-order valence-electron chi connectivity index (χ1n) is 8.62. The van der Waals surface area contributed by atoms with Crippen molar-refractivity contribution in [3.8, 4) is 0 Å². The van der Waals surface area contributed by atoms with Crippen LogP contribution in [0.4, 0.5) is 10.1 Å². The second kappa shape index (κ2) is 6.97. The van der Waals surface area contributed by atoms with Gasteiger partial charge in [0.2, 0.25) is 0 Å². The van der Waals surface area contributed by atoms with E-state index < -0.39 is 0 Å². The molecule has 3 rings (SSSR count). The molecule has 1 aromatic rings. The van der Waals surface area contributed by atoms with Gasteiger partial charge < -0.3 is 4.90 Å². The van der Waals surface area contributed by atoms with E-state index in [0.29, 0.717) is 12.1 Å². The number of nitrogens with zero attached hydrogens (tertiary/aromatic N) is 3. The summed E-state index contributed by atoms with van der Waals surface area (Å²) in [7, 11) is 0. The van der Waals surface area contributed by atoms with Crippen molar-refractivity contribution in [1.82, 2.24) is 9.80 Å². The third kappa shape index (κ3) is 3.61. The van der Waals surface area contributed by atoms with Gasteiger partial charge in [-0.05, 0) is 64.0 Å². The molecular weight excluding hydrogens is 277 g/mol. The second-order valence-electron chi connectivity index (χ2n) is 6.88. The largest absolute Gasteiger partial charge is 0.370 e. The summed E-state index contributed by atoms with van der Waals surface area (Å²) in [6.45, 7) is 11.6. The molecule has 0 aliphatic carbocycles. The van der Waals surface area contributed by atoms with Crippen molar-refractivity contribution < 1.29 is 4.39 Å². The van der Waals surface area contributed by atoms with E-state index in [0.717, 1.165) is 18.8 Å². The van der Waals surface area contributed by atoms with Crippen molar-refractivity contribution >= 4 is 5.69 Å². The average molecular weight is 305 g/mol. The van der Waals surface area contributed by atoms with Crippen LogP contribution < -0.4 is 4.90 Å². The highest BCUT2D eigenvalue weighted by Crippen LogP contribution is 2.24. The van der Waals surface area contributed by atoms with E-state index in [1.807, 2.05) is 12.1 Å². The molecule has 0 bridgehead atoms. The van der Waals surface area contributed by atoms with Gasteiger partial charge in [-0.25, -0.2) is 4.39 Å². The maximum Gasteiger partial charge on any atom is 0.123 e. The highest BCUT2D eigenvalue weighted by molar-refractivity contribution is 5.47. The fourth-order valence-electron chi connectivity index (χ4n) is 3.77. The molecule has 0 spiro atoms. The first-order valence-corrected chi connectivity index (χ1v) is 8.62. The molecule has 0 amide bonds. The Bertz CT molecular complexity index is 474. The Labute approximate surface area is 133 Å². The second-order valence-corrected chi connectivity index (χ2v) is 6.88. The molecule has 0 unspecified atom stereocenters. The lowest BCUT2D eigenvalue weighted by Crippen LogP contribution is -2.41. The smallest absolute Gasteiger partial charge is 0.123 e. The lowest BCUT2D eigenvalue weighted by atomic mass is 10.2. The molecule has 3 nitrogen and oxygen atoms in total. The van der Waals surface area contributed by atoms with Crippen LogP contribution in [0.1, 0.15) is 26.7 Å². The molecule has 2 fully saturated rings. The first-order chi connectivity index (χ1) is 10.6. The minimum absolute atomic E-state index is 0.152. The zero-order chi connectivity index (χ0) is 15.5. The molecule has 1 atom stereocenters. The number of benzene rings is 1. The Morgan fingerprint density at radius 2 is 1.77 bits per heavy atom. The van der Waals surface area contributed by atoms with Gasteiger partial charge in [0.05, 0.1) is 0 Å². The van der Waals surface area contributed by atoms with Crippen molar-refractivity contribution in [3.63, 3.8) is 0 Å². The summed E-state index contributed by atoms with van der Waals surface area (Å²) >= 11 is 0. The first kappa shape index (κ1) is 15.8. The number of hydrogen-bond acceptors (Lipinski definition) is 3. The maximum absolute atomic E-state index is 13.1. The van der Waals surface area contributed by atoms with Crippen molar-refractivity contribution in [3.05, 3.63) is 30.1 Å². The van der Waals surface area contributed by atoms with Crippen LogP contribution in [0.3, 0.4) is 0 Å². The van der Waals surface area contributed by atoms with E-state index in [1.54, 1.807) is 12.1 Å². The number of hydrogen-bond donors (Lipinski definition) is 0. The zero-order valence-corrected chi connectivity index (χ0v) is 13.8. The summed E-state index contributed by atoms with van der Waals surface area (Å²) in [6, 6.07) is 8.24. The summed E-state index contributed by atoms with van der Waals surface area (Å²) in [5.41, 5.74) is 1.16. The summed E-state index contributed by atoms with van der Waals surface area (Å²) < 4.78 is 13.1. The van der Waals surface area contributed by atoms with E-state index in [-0.39, 0.29) is 5.82 Å². The Hall–Kier alpha value is -1.13. The van der Waals surface area contributed by atoms with Gasteiger partial charge >= 0.3 is 0 Å². The Morgan fingerprint density at radius 3 is 2.50 bits per heavy atom. The Balaban J connectivity index is 1.57. The van der Waals surface area contributed by atoms with Gasteiger partial charge in [0.25, 0.3) is 0 Å². The van der Waals surface area contributed by atoms with Gasteiger partial charge in [0.15, 0.2) is 0 Å². The van der Waals surface area contributed by atoms with Crippen LogP contribution in [-0.2, 0) is 0 Å². The van der Waals surface area contributed by atoms with Gasteiger partial charge in [-0.15, -0.1) is 0 Å². The Kier molecular flexibility index (Phi) is 4.99. The van der Waals surface area contributed by atoms with E-state index in [9.17, 15) is 4.39 Å². The SMILES string of the molecule is CC(C)N1CCCN([C@H]2CCN(c3ccc(F)cc3)C2)CC1. The minimum atomic E-state index is -0.152. The van der Waals surface area contributed by atoms with Crippen LogP contribution >= 0.6 is 0 Å². The monoisotopic (exact) mass is 305 g/mol. The lowest BCUT2D eigenvalue weighted by molar-refractivity contribution is 0.195. The number of anilines is 1. The maximum atomic E-state index is 13.1. The van der Waals surface area contributed by atoms with E-state index in [1.165, 1.54) is 39.0 Å². The summed E-state index contributed by atoms with van der Waals surface area (Å²) in [5, 5.41) is 0. The quantitative estimate of drug-likeness (QED) is 0.850. The topological polar surface area (TPSA) is 9.72 Å². The molecule has 0 radical (unpaired) electrons. The molecule has 0 N–H and O–H groups in total. The fraction of sp³-hybridized carbons (Fsp3) is 0.667. The molecule has 2 aliphatic heterocycles. The van der Waals surface area contributed by atoms with Crippen LogP contribution in [0.5, 0.6) is 0 Å². The average Bonchev–Trinajstić information content (AvgIpc) is 2.85. The van der Waals surface area contributed by atoms with Gasteiger partial charge in [-0.3, -0.25) is 9.80 Å². The van der Waals surface area contributed by atoms with Crippen molar-refractivity contribution in [2.75, 3.05) is 44.2 Å². The van der Waals surface area contributed by atoms with Crippen LogP contribution in [-0.4, -0.2) is 61.2 Å². The molecule has 0 aromatic heterocycles. The standard InChI is InChI=1S/C18H28FN3/c1-15(2)20-9-3-10-21(13-12-20)18-8-11-22(14-18)17-6-4-16(19)5-7-17/h4-7,15,18H,3,8-14H2,1-2H3/t18-/m0/s1. The Morgan fingerprint density at radius 1 is 1.00 bits per heavy atom. The molecule has 4 heteroatoms. The van der Waals surface area contributed by atoms with E-state index in [4.69, 9.17) is 0 Å².